The molecule has 0 aliphatic rings. The quantitative estimate of drug-likeness (QED) is 0.739. The number of amides is 1. The average molecular weight is 262 g/mol. The van der Waals surface area contributed by atoms with Gasteiger partial charge in [-0.25, -0.2) is 4.39 Å². The number of carbonyl (C=O) groups excluding carboxylic acids is 1. The largest absolute Gasteiger partial charge is 0.399 e. The molecule has 0 bridgehead atoms. The Morgan fingerprint density at radius 2 is 2.26 bits per heavy atom. The number of benzene rings is 1. The molecule has 0 saturated heterocycles. The van der Waals surface area contributed by atoms with Gasteiger partial charge in [0, 0.05) is 17.4 Å². The number of aryl methyl sites for hydroxylation is 1. The third kappa shape index (κ3) is 3.09. The van der Waals surface area contributed by atoms with Gasteiger partial charge in [0.2, 0.25) is 0 Å². The maximum Gasteiger partial charge on any atom is 0.259 e. The predicted molar refractivity (Wildman–Crippen MR) is 71.3 cm³/mol. The van der Waals surface area contributed by atoms with Gasteiger partial charge in [-0.05, 0) is 24.6 Å². The lowest BCUT2D eigenvalue weighted by atomic mass is 10.1. The summed E-state index contributed by atoms with van der Waals surface area (Å²) in [4.78, 5) is 11.9. The summed E-state index contributed by atoms with van der Waals surface area (Å²) in [5.74, 6) is -0.814. The second-order valence-electron chi connectivity index (χ2n) is 4.22. The molecule has 19 heavy (non-hydrogen) atoms. The summed E-state index contributed by atoms with van der Waals surface area (Å²) >= 11 is 0. The molecular formula is C13H15FN4O. The summed E-state index contributed by atoms with van der Waals surface area (Å²) in [7, 11) is 0. The van der Waals surface area contributed by atoms with Crippen molar-refractivity contribution in [3.8, 4) is 0 Å². The van der Waals surface area contributed by atoms with Gasteiger partial charge in [0.25, 0.3) is 5.91 Å². The number of hydrogen-bond donors (Lipinski definition) is 3. The molecule has 4 N–H and O–H groups in total. The highest BCUT2D eigenvalue weighted by molar-refractivity contribution is 6.04. The van der Waals surface area contributed by atoms with Crippen molar-refractivity contribution in [3.05, 3.63) is 41.3 Å². The zero-order valence-corrected chi connectivity index (χ0v) is 10.5. The summed E-state index contributed by atoms with van der Waals surface area (Å²) in [6.07, 6.45) is 1.81. The molecule has 1 heterocycles. The highest BCUT2D eigenvalue weighted by Gasteiger charge is 2.13. The van der Waals surface area contributed by atoms with Gasteiger partial charge in [0.1, 0.15) is 5.82 Å². The van der Waals surface area contributed by atoms with Gasteiger partial charge >= 0.3 is 0 Å². The Hall–Kier alpha value is -2.37. The van der Waals surface area contributed by atoms with Crippen molar-refractivity contribution in [3.63, 3.8) is 0 Å². The number of rotatable bonds is 4. The maximum absolute atomic E-state index is 13.5. The Morgan fingerprint density at radius 3 is 3.00 bits per heavy atom. The van der Waals surface area contributed by atoms with E-state index in [1.807, 2.05) is 6.92 Å². The van der Waals surface area contributed by atoms with E-state index in [9.17, 15) is 9.18 Å². The summed E-state index contributed by atoms with van der Waals surface area (Å²) < 4.78 is 13.5. The molecule has 0 fully saturated rings. The molecule has 0 aliphatic heterocycles. The molecule has 0 unspecified atom stereocenters. The molecule has 0 atom stereocenters. The molecule has 0 spiro atoms. The van der Waals surface area contributed by atoms with Crippen molar-refractivity contribution in [2.45, 2.75) is 19.8 Å². The van der Waals surface area contributed by atoms with Crippen molar-refractivity contribution in [1.82, 2.24) is 10.2 Å². The monoisotopic (exact) mass is 262 g/mol. The normalized spacial score (nSPS) is 10.4. The standard InChI is InChI=1S/C13H15FN4O/c1-2-3-9-7-12(18-17-9)16-13(19)10-6-8(15)4-5-11(10)14/h4-7H,2-3,15H2,1H3,(H2,16,17,18,19). The van der Waals surface area contributed by atoms with Crippen LogP contribution in [0, 0.1) is 5.82 Å². The first kappa shape index (κ1) is 13.1. The van der Waals surface area contributed by atoms with Crippen LogP contribution in [-0.2, 0) is 6.42 Å². The second kappa shape index (κ2) is 5.51. The van der Waals surface area contributed by atoms with Gasteiger partial charge in [-0.15, -0.1) is 0 Å². The third-order valence-corrected chi connectivity index (χ3v) is 2.63. The number of nitrogens with one attached hydrogen (secondary N) is 2. The van der Waals surface area contributed by atoms with Crippen molar-refractivity contribution in [1.29, 1.82) is 0 Å². The first-order valence-electron chi connectivity index (χ1n) is 6.01. The van der Waals surface area contributed by atoms with Crippen LogP contribution in [0.4, 0.5) is 15.9 Å². The van der Waals surface area contributed by atoms with Crippen LogP contribution in [0.2, 0.25) is 0 Å². The number of anilines is 2. The van der Waals surface area contributed by atoms with E-state index < -0.39 is 11.7 Å². The van der Waals surface area contributed by atoms with Gasteiger partial charge in [0.05, 0.1) is 5.56 Å². The lowest BCUT2D eigenvalue weighted by molar-refractivity contribution is 0.102. The Balaban J connectivity index is 2.13. The van der Waals surface area contributed by atoms with Crippen LogP contribution in [0.5, 0.6) is 0 Å². The molecule has 1 aromatic carbocycles. The Labute approximate surface area is 110 Å². The van der Waals surface area contributed by atoms with Crippen LogP contribution in [0.3, 0.4) is 0 Å². The molecule has 1 aromatic heterocycles. The van der Waals surface area contributed by atoms with E-state index in [1.54, 1.807) is 6.07 Å². The molecule has 1 amide bonds. The Bertz CT molecular complexity index is 594. The number of nitrogens with zero attached hydrogens (tertiary/aromatic N) is 1. The molecule has 0 saturated carbocycles. The maximum atomic E-state index is 13.5. The number of halogens is 1. The van der Waals surface area contributed by atoms with Crippen LogP contribution in [0.1, 0.15) is 29.4 Å². The summed E-state index contributed by atoms with van der Waals surface area (Å²) in [6, 6.07) is 5.59. The molecule has 6 heteroatoms. The predicted octanol–water partition coefficient (Wildman–Crippen LogP) is 2.34. The molecule has 100 valence electrons. The van der Waals surface area contributed by atoms with Crippen molar-refractivity contribution in [2.24, 2.45) is 0 Å². The Kier molecular flexibility index (Phi) is 3.79. The Morgan fingerprint density at radius 1 is 1.47 bits per heavy atom. The number of carbonyl (C=O) groups is 1. The number of nitrogens with two attached hydrogens (primary N) is 1. The van der Waals surface area contributed by atoms with E-state index in [2.05, 4.69) is 15.5 Å². The molecule has 0 aliphatic carbocycles. The van der Waals surface area contributed by atoms with E-state index in [1.165, 1.54) is 12.1 Å². The number of aromatic nitrogens is 2. The van der Waals surface area contributed by atoms with Gasteiger partial charge in [-0.3, -0.25) is 9.89 Å². The van der Waals surface area contributed by atoms with Crippen LogP contribution in [0.15, 0.2) is 24.3 Å². The second-order valence-corrected chi connectivity index (χ2v) is 4.22. The molecule has 0 radical (unpaired) electrons. The fourth-order valence-corrected chi connectivity index (χ4v) is 1.72. The third-order valence-electron chi connectivity index (χ3n) is 2.63. The van der Waals surface area contributed by atoms with Crippen molar-refractivity contribution in [2.75, 3.05) is 11.1 Å². The highest BCUT2D eigenvalue weighted by Crippen LogP contribution is 2.14. The smallest absolute Gasteiger partial charge is 0.259 e. The number of hydrogen-bond acceptors (Lipinski definition) is 3. The van der Waals surface area contributed by atoms with Crippen molar-refractivity contribution >= 4 is 17.4 Å². The average Bonchev–Trinajstić information content (AvgIpc) is 2.80. The van der Waals surface area contributed by atoms with Gasteiger partial charge < -0.3 is 11.1 Å². The first-order valence-corrected chi connectivity index (χ1v) is 6.01. The van der Waals surface area contributed by atoms with Crippen LogP contribution in [-0.4, -0.2) is 16.1 Å². The summed E-state index contributed by atoms with van der Waals surface area (Å²) in [5.41, 5.74) is 6.69. The minimum atomic E-state index is -0.615. The van der Waals surface area contributed by atoms with Gasteiger partial charge in [0.15, 0.2) is 5.82 Å². The number of nitrogen functional groups attached to an aromatic ring is 1. The number of H-pyrrole nitrogens is 1. The van der Waals surface area contributed by atoms with E-state index in [4.69, 9.17) is 5.73 Å². The van der Waals surface area contributed by atoms with E-state index in [0.717, 1.165) is 24.6 Å². The zero-order valence-electron chi connectivity index (χ0n) is 10.5. The molecule has 2 aromatic rings. The summed E-state index contributed by atoms with van der Waals surface area (Å²) in [6.45, 7) is 2.04. The molecular weight excluding hydrogens is 247 g/mol. The fraction of sp³-hybridized carbons (Fsp3) is 0.231. The lowest BCUT2D eigenvalue weighted by Crippen LogP contribution is -2.14. The van der Waals surface area contributed by atoms with E-state index >= 15 is 0 Å². The van der Waals surface area contributed by atoms with Crippen LogP contribution >= 0.6 is 0 Å². The lowest BCUT2D eigenvalue weighted by Gasteiger charge is -2.04. The van der Waals surface area contributed by atoms with E-state index in [0.29, 0.717) is 11.5 Å². The zero-order chi connectivity index (χ0) is 13.8. The van der Waals surface area contributed by atoms with Crippen LogP contribution in [0.25, 0.3) is 0 Å². The topological polar surface area (TPSA) is 83.8 Å². The first-order chi connectivity index (χ1) is 9.10. The SMILES string of the molecule is CCCc1cc(NC(=O)c2cc(N)ccc2F)n[nH]1. The van der Waals surface area contributed by atoms with Gasteiger partial charge in [-0.2, -0.15) is 5.10 Å². The highest BCUT2D eigenvalue weighted by atomic mass is 19.1. The van der Waals surface area contributed by atoms with Gasteiger partial charge in [-0.1, -0.05) is 13.3 Å². The molecule has 5 nitrogen and oxygen atoms in total. The molecule has 2 rings (SSSR count). The summed E-state index contributed by atoms with van der Waals surface area (Å²) in [5, 5.41) is 9.28. The van der Waals surface area contributed by atoms with Crippen LogP contribution < -0.4 is 11.1 Å². The minimum absolute atomic E-state index is 0.0972. The number of aromatic amines is 1. The minimum Gasteiger partial charge on any atom is -0.399 e. The fourth-order valence-electron chi connectivity index (χ4n) is 1.72. The van der Waals surface area contributed by atoms with Crippen molar-refractivity contribution < 1.29 is 9.18 Å². The van der Waals surface area contributed by atoms with E-state index in [-0.39, 0.29) is 5.56 Å².